The van der Waals surface area contributed by atoms with E-state index in [0.29, 0.717) is 31.1 Å². The second kappa shape index (κ2) is 7.89. The van der Waals surface area contributed by atoms with Gasteiger partial charge in [-0.2, -0.15) is 0 Å². The van der Waals surface area contributed by atoms with Crippen molar-refractivity contribution >= 4 is 17.7 Å². The molecule has 2 aliphatic heterocycles. The highest BCUT2D eigenvalue weighted by Crippen LogP contribution is 2.24. The third kappa shape index (κ3) is 4.06. The minimum Gasteiger partial charge on any atom is -0.352 e. The van der Waals surface area contributed by atoms with Crippen LogP contribution in [0.15, 0.2) is 24.3 Å². The van der Waals surface area contributed by atoms with Crippen LogP contribution in [0.25, 0.3) is 0 Å². The summed E-state index contributed by atoms with van der Waals surface area (Å²) >= 11 is 0. The van der Waals surface area contributed by atoms with Crippen LogP contribution in [-0.4, -0.2) is 53.2 Å². The predicted octanol–water partition coefficient (Wildman–Crippen LogP) is 1.80. The number of hydrogen-bond acceptors (Lipinski definition) is 3. The van der Waals surface area contributed by atoms with Crippen LogP contribution in [0.4, 0.5) is 0 Å². The van der Waals surface area contributed by atoms with Crippen molar-refractivity contribution in [3.05, 3.63) is 35.4 Å². The van der Waals surface area contributed by atoms with Crippen LogP contribution in [0.1, 0.15) is 49.0 Å². The molecule has 1 atom stereocenters. The summed E-state index contributed by atoms with van der Waals surface area (Å²) in [6.07, 6.45) is 2.61. The number of amides is 3. The van der Waals surface area contributed by atoms with Gasteiger partial charge in [-0.05, 0) is 42.9 Å². The first-order valence-corrected chi connectivity index (χ1v) is 9.41. The van der Waals surface area contributed by atoms with Gasteiger partial charge in [0, 0.05) is 25.2 Å². The summed E-state index contributed by atoms with van der Waals surface area (Å²) < 4.78 is 0. The summed E-state index contributed by atoms with van der Waals surface area (Å²) in [5.41, 5.74) is 1.54. The number of piperazine rings is 1. The molecule has 0 bridgehead atoms. The van der Waals surface area contributed by atoms with Crippen molar-refractivity contribution in [2.75, 3.05) is 19.6 Å². The maximum absolute atomic E-state index is 12.6. The normalized spacial score (nSPS) is 19.9. The Kier molecular flexibility index (Phi) is 5.59. The molecule has 2 heterocycles. The maximum Gasteiger partial charge on any atom is 0.251 e. The zero-order valence-corrected chi connectivity index (χ0v) is 15.5. The minimum atomic E-state index is -0.276. The van der Waals surface area contributed by atoms with Gasteiger partial charge in [0.15, 0.2) is 0 Å². The van der Waals surface area contributed by atoms with E-state index in [4.69, 9.17) is 0 Å². The number of nitrogens with one attached hydrogen (secondary N) is 1. The molecule has 0 radical (unpaired) electrons. The van der Waals surface area contributed by atoms with E-state index >= 15 is 0 Å². The summed E-state index contributed by atoms with van der Waals surface area (Å²) in [7, 11) is 0. The Morgan fingerprint density at radius 1 is 1.23 bits per heavy atom. The van der Waals surface area contributed by atoms with Crippen molar-refractivity contribution in [2.45, 2.75) is 45.7 Å². The fourth-order valence-electron chi connectivity index (χ4n) is 3.56. The van der Waals surface area contributed by atoms with Gasteiger partial charge in [0.25, 0.3) is 5.91 Å². The Bertz CT molecular complexity index is 684. The van der Waals surface area contributed by atoms with E-state index in [1.807, 2.05) is 12.1 Å². The molecule has 0 spiro atoms. The third-order valence-electron chi connectivity index (χ3n) is 5.09. The topological polar surface area (TPSA) is 69.7 Å². The molecule has 3 amide bonds. The van der Waals surface area contributed by atoms with Crippen molar-refractivity contribution in [3.8, 4) is 0 Å². The highest BCUT2D eigenvalue weighted by Gasteiger charge is 2.41. The molecular weight excluding hydrogens is 330 g/mol. The second-order valence-corrected chi connectivity index (χ2v) is 7.57. The largest absolute Gasteiger partial charge is 0.352 e. The molecule has 2 saturated heterocycles. The molecule has 1 aromatic rings. The molecule has 26 heavy (non-hydrogen) atoms. The van der Waals surface area contributed by atoms with Crippen LogP contribution in [0.3, 0.4) is 0 Å². The van der Waals surface area contributed by atoms with Crippen LogP contribution in [-0.2, 0) is 16.1 Å². The van der Waals surface area contributed by atoms with Crippen LogP contribution in [0.2, 0.25) is 0 Å². The Hall–Kier alpha value is -2.37. The van der Waals surface area contributed by atoms with Crippen molar-refractivity contribution in [3.63, 3.8) is 0 Å². The monoisotopic (exact) mass is 357 g/mol. The molecule has 0 aliphatic carbocycles. The lowest BCUT2D eigenvalue weighted by molar-refractivity contribution is -0.154. The van der Waals surface area contributed by atoms with Crippen molar-refractivity contribution < 1.29 is 14.4 Å². The summed E-state index contributed by atoms with van der Waals surface area (Å²) in [4.78, 5) is 40.2. The van der Waals surface area contributed by atoms with E-state index in [-0.39, 0.29) is 30.3 Å². The zero-order valence-electron chi connectivity index (χ0n) is 15.5. The molecule has 2 aliphatic rings. The Labute approximate surface area is 154 Å². The van der Waals surface area contributed by atoms with E-state index in [2.05, 4.69) is 19.2 Å². The number of nitrogens with zero attached hydrogens (tertiary/aromatic N) is 2. The zero-order chi connectivity index (χ0) is 18.7. The average molecular weight is 357 g/mol. The Morgan fingerprint density at radius 2 is 1.96 bits per heavy atom. The van der Waals surface area contributed by atoms with Crippen LogP contribution in [0, 0.1) is 5.92 Å². The van der Waals surface area contributed by atoms with E-state index in [9.17, 15) is 14.4 Å². The lowest BCUT2D eigenvalue weighted by Crippen LogP contribution is -2.56. The van der Waals surface area contributed by atoms with E-state index in [1.165, 1.54) is 0 Å². The summed E-state index contributed by atoms with van der Waals surface area (Å²) in [5, 5.41) is 2.92. The number of carbonyl (C=O) groups excluding carboxylic acids is 3. The van der Waals surface area contributed by atoms with E-state index in [0.717, 1.165) is 24.8 Å². The van der Waals surface area contributed by atoms with Gasteiger partial charge in [0.05, 0.1) is 0 Å². The molecule has 2 fully saturated rings. The molecule has 140 valence electrons. The van der Waals surface area contributed by atoms with Crippen LogP contribution in [0.5, 0.6) is 0 Å². The van der Waals surface area contributed by atoms with Gasteiger partial charge in [-0.25, -0.2) is 0 Å². The fraction of sp³-hybridized carbons (Fsp3) is 0.550. The van der Waals surface area contributed by atoms with Crippen molar-refractivity contribution in [2.24, 2.45) is 5.92 Å². The molecule has 1 aromatic carbocycles. The molecule has 0 saturated carbocycles. The number of rotatable bonds is 6. The lowest BCUT2D eigenvalue weighted by Gasteiger charge is -2.36. The maximum atomic E-state index is 12.6. The Morgan fingerprint density at radius 3 is 2.65 bits per heavy atom. The summed E-state index contributed by atoms with van der Waals surface area (Å²) in [6, 6.07) is 6.99. The first kappa shape index (κ1) is 18.4. The highest BCUT2D eigenvalue weighted by molar-refractivity contribution is 5.95. The smallest absolute Gasteiger partial charge is 0.251 e. The van der Waals surface area contributed by atoms with Gasteiger partial charge in [-0.1, -0.05) is 26.0 Å². The van der Waals surface area contributed by atoms with Crippen molar-refractivity contribution in [1.29, 1.82) is 0 Å². The third-order valence-corrected chi connectivity index (χ3v) is 5.09. The van der Waals surface area contributed by atoms with Gasteiger partial charge in [-0.15, -0.1) is 0 Å². The van der Waals surface area contributed by atoms with Crippen LogP contribution < -0.4 is 5.32 Å². The fourth-order valence-corrected chi connectivity index (χ4v) is 3.56. The number of hydrogen-bond donors (Lipinski definition) is 1. The van der Waals surface area contributed by atoms with Gasteiger partial charge >= 0.3 is 0 Å². The molecule has 3 rings (SSSR count). The molecule has 6 heteroatoms. The Balaban J connectivity index is 1.58. The summed E-state index contributed by atoms with van der Waals surface area (Å²) in [5.74, 6) is 0.548. The van der Waals surface area contributed by atoms with Gasteiger partial charge in [-0.3, -0.25) is 14.4 Å². The number of benzene rings is 1. The average Bonchev–Trinajstić information content (AvgIpc) is 3.10. The lowest BCUT2D eigenvalue weighted by atomic mass is 10.1. The molecule has 1 N–H and O–H groups in total. The van der Waals surface area contributed by atoms with E-state index < -0.39 is 0 Å². The van der Waals surface area contributed by atoms with Crippen LogP contribution >= 0.6 is 0 Å². The number of carbonyl (C=O) groups is 3. The van der Waals surface area contributed by atoms with Gasteiger partial charge in [0.1, 0.15) is 12.6 Å². The van der Waals surface area contributed by atoms with E-state index in [1.54, 1.807) is 21.9 Å². The molecule has 0 aromatic heterocycles. The quantitative estimate of drug-likeness (QED) is 0.844. The molecule has 1 unspecified atom stereocenters. The highest BCUT2D eigenvalue weighted by atomic mass is 16.2. The molecule has 6 nitrogen and oxygen atoms in total. The van der Waals surface area contributed by atoms with Gasteiger partial charge in [0.2, 0.25) is 11.8 Å². The minimum absolute atomic E-state index is 0.0354. The van der Waals surface area contributed by atoms with Crippen molar-refractivity contribution in [1.82, 2.24) is 15.1 Å². The first-order valence-electron chi connectivity index (χ1n) is 9.41. The summed E-state index contributed by atoms with van der Waals surface area (Å²) in [6.45, 7) is 6.16. The predicted molar refractivity (Wildman–Crippen MR) is 98.4 cm³/mol. The second-order valence-electron chi connectivity index (χ2n) is 7.57. The number of fused-ring (bicyclic) bond motifs is 1. The SMILES string of the molecule is CC(C)CCNC(=O)c1ccc(CN2CC(=O)N3CCCC3C2=O)cc1. The van der Waals surface area contributed by atoms with Gasteiger partial charge < -0.3 is 15.1 Å². The first-order chi connectivity index (χ1) is 12.5. The molecular formula is C20H27N3O3. The standard InChI is InChI=1S/C20H27N3O3/c1-14(2)9-10-21-19(25)16-7-5-15(6-8-16)12-22-13-18(24)23-11-3-4-17(23)20(22)26/h5-8,14,17H,3-4,9-13H2,1-2H3,(H,21,25).